The SMILES string of the molecule is N=C1C(=O)N(Cc2cccc(C(F)(F)F)c2Cl)C(C2CC2)CN1C(=N)c1cnccn1. The van der Waals surface area contributed by atoms with Crippen molar-refractivity contribution in [1.82, 2.24) is 19.8 Å². The highest BCUT2D eigenvalue weighted by Crippen LogP contribution is 2.40. The van der Waals surface area contributed by atoms with Gasteiger partial charge in [0.15, 0.2) is 11.7 Å². The molecule has 1 atom stereocenters. The van der Waals surface area contributed by atoms with E-state index >= 15 is 0 Å². The van der Waals surface area contributed by atoms with E-state index in [2.05, 4.69) is 9.97 Å². The molecular weight excluding hydrogens is 433 g/mol. The lowest BCUT2D eigenvalue weighted by Crippen LogP contribution is -2.61. The normalized spacial score (nSPS) is 19.7. The van der Waals surface area contributed by atoms with Gasteiger partial charge in [-0.15, -0.1) is 0 Å². The van der Waals surface area contributed by atoms with E-state index in [0.717, 1.165) is 18.9 Å². The average Bonchev–Trinajstić information content (AvgIpc) is 3.57. The van der Waals surface area contributed by atoms with E-state index in [1.807, 2.05) is 0 Å². The van der Waals surface area contributed by atoms with Crippen LogP contribution in [0.25, 0.3) is 0 Å². The minimum absolute atomic E-state index is 0.117. The summed E-state index contributed by atoms with van der Waals surface area (Å²) < 4.78 is 39.7. The molecule has 2 heterocycles. The van der Waals surface area contributed by atoms with Crippen LogP contribution in [-0.4, -0.2) is 49.9 Å². The highest BCUT2D eigenvalue weighted by molar-refractivity contribution is 6.40. The quantitative estimate of drug-likeness (QED) is 0.549. The van der Waals surface area contributed by atoms with Crippen LogP contribution in [0.1, 0.15) is 29.7 Å². The third kappa shape index (κ3) is 4.12. The summed E-state index contributed by atoms with van der Waals surface area (Å²) in [5.74, 6) is -1.06. The van der Waals surface area contributed by atoms with E-state index in [4.69, 9.17) is 22.4 Å². The summed E-state index contributed by atoms with van der Waals surface area (Å²) in [5.41, 5.74) is -0.565. The monoisotopic (exact) mass is 450 g/mol. The van der Waals surface area contributed by atoms with E-state index in [1.165, 1.54) is 40.5 Å². The zero-order valence-corrected chi connectivity index (χ0v) is 16.9. The molecule has 0 bridgehead atoms. The second-order valence-corrected chi connectivity index (χ2v) is 7.89. The molecule has 2 fully saturated rings. The minimum atomic E-state index is -4.61. The van der Waals surface area contributed by atoms with Gasteiger partial charge in [-0.05, 0) is 30.4 Å². The first-order valence-electron chi connectivity index (χ1n) is 9.55. The Morgan fingerprint density at radius 2 is 2.00 bits per heavy atom. The maximum Gasteiger partial charge on any atom is 0.417 e. The van der Waals surface area contributed by atoms with Crippen LogP contribution >= 0.6 is 11.6 Å². The van der Waals surface area contributed by atoms with Gasteiger partial charge in [0, 0.05) is 25.5 Å². The molecule has 1 saturated carbocycles. The first-order chi connectivity index (χ1) is 14.7. The molecule has 1 aliphatic carbocycles. The number of benzene rings is 1. The lowest BCUT2D eigenvalue weighted by molar-refractivity contribution is -0.137. The van der Waals surface area contributed by atoms with E-state index < -0.39 is 28.5 Å². The van der Waals surface area contributed by atoms with Crippen molar-refractivity contribution in [1.29, 1.82) is 10.8 Å². The first-order valence-corrected chi connectivity index (χ1v) is 9.93. The first kappa shape index (κ1) is 21.2. The topological polar surface area (TPSA) is 97.0 Å². The number of amides is 1. The summed E-state index contributed by atoms with van der Waals surface area (Å²) in [6.45, 7) is 0.0404. The Morgan fingerprint density at radius 1 is 1.26 bits per heavy atom. The van der Waals surface area contributed by atoms with Gasteiger partial charge in [-0.1, -0.05) is 23.7 Å². The van der Waals surface area contributed by atoms with Gasteiger partial charge in [0.2, 0.25) is 0 Å². The van der Waals surface area contributed by atoms with E-state index in [9.17, 15) is 18.0 Å². The number of hydrogen-bond acceptors (Lipinski definition) is 5. The minimum Gasteiger partial charge on any atom is -0.327 e. The summed E-state index contributed by atoms with van der Waals surface area (Å²) in [7, 11) is 0. The van der Waals surface area contributed by atoms with Gasteiger partial charge in [-0.25, -0.2) is 4.98 Å². The average molecular weight is 451 g/mol. The van der Waals surface area contributed by atoms with Crippen LogP contribution in [0.2, 0.25) is 5.02 Å². The number of halogens is 4. The highest BCUT2D eigenvalue weighted by atomic mass is 35.5. The smallest absolute Gasteiger partial charge is 0.327 e. The van der Waals surface area contributed by atoms with Crippen LogP contribution in [0.15, 0.2) is 36.8 Å². The number of hydrogen-bond donors (Lipinski definition) is 2. The molecule has 11 heteroatoms. The van der Waals surface area contributed by atoms with Crippen LogP contribution < -0.4 is 0 Å². The van der Waals surface area contributed by atoms with Gasteiger partial charge in [0.05, 0.1) is 22.8 Å². The Morgan fingerprint density at radius 3 is 2.61 bits per heavy atom. The number of piperazine rings is 1. The van der Waals surface area contributed by atoms with Gasteiger partial charge in [0.1, 0.15) is 5.69 Å². The zero-order chi connectivity index (χ0) is 22.3. The predicted molar refractivity (Wildman–Crippen MR) is 107 cm³/mol. The zero-order valence-electron chi connectivity index (χ0n) is 16.2. The van der Waals surface area contributed by atoms with Crippen molar-refractivity contribution in [2.24, 2.45) is 5.92 Å². The molecule has 7 nitrogen and oxygen atoms in total. The van der Waals surface area contributed by atoms with Crippen LogP contribution in [-0.2, 0) is 17.5 Å². The Kier molecular flexibility index (Phi) is 5.42. The van der Waals surface area contributed by atoms with Gasteiger partial charge in [-0.2, -0.15) is 13.2 Å². The van der Waals surface area contributed by atoms with Crippen LogP contribution in [0.5, 0.6) is 0 Å². The lowest BCUT2D eigenvalue weighted by Gasteiger charge is -2.42. The number of carbonyl (C=O) groups excluding carboxylic acids is 1. The number of nitrogens with zero attached hydrogens (tertiary/aromatic N) is 4. The third-order valence-corrected chi connectivity index (χ3v) is 5.92. The van der Waals surface area contributed by atoms with E-state index in [-0.39, 0.29) is 42.1 Å². The Hall–Kier alpha value is -3.01. The van der Waals surface area contributed by atoms with Crippen molar-refractivity contribution in [3.05, 3.63) is 58.6 Å². The summed E-state index contributed by atoms with van der Waals surface area (Å²) in [6.07, 6.45) is 1.37. The van der Waals surface area contributed by atoms with E-state index in [0.29, 0.717) is 0 Å². The standard InChI is InChI=1S/C20H18ClF3N6O/c21-16-12(2-1-3-13(16)20(22,23)24)9-29-15(11-4-5-11)10-30(18(26)19(29)31)17(25)14-8-27-6-7-28-14/h1-3,6-8,11,15,25-26H,4-5,9-10H2. The molecule has 2 aromatic rings. The number of aromatic nitrogens is 2. The van der Waals surface area contributed by atoms with Crippen molar-refractivity contribution in [2.75, 3.05) is 6.54 Å². The molecule has 4 rings (SSSR count). The van der Waals surface area contributed by atoms with Crippen molar-refractivity contribution >= 4 is 29.2 Å². The molecule has 1 aromatic heterocycles. The maximum absolute atomic E-state index is 13.2. The lowest BCUT2D eigenvalue weighted by atomic mass is 10.0. The van der Waals surface area contributed by atoms with Crippen molar-refractivity contribution in [3.63, 3.8) is 0 Å². The fourth-order valence-electron chi connectivity index (χ4n) is 3.72. The van der Waals surface area contributed by atoms with Crippen LogP contribution in [0.4, 0.5) is 13.2 Å². The molecule has 1 saturated heterocycles. The maximum atomic E-state index is 13.2. The van der Waals surface area contributed by atoms with Gasteiger partial charge < -0.3 is 9.80 Å². The Labute approximate surface area is 180 Å². The number of rotatable bonds is 4. The second-order valence-electron chi connectivity index (χ2n) is 7.51. The molecule has 31 heavy (non-hydrogen) atoms. The molecule has 162 valence electrons. The molecule has 1 aliphatic heterocycles. The molecule has 0 spiro atoms. The number of amidine groups is 2. The highest BCUT2D eigenvalue weighted by Gasteiger charge is 2.46. The molecule has 1 aromatic carbocycles. The summed E-state index contributed by atoms with van der Waals surface area (Å²) in [4.78, 5) is 23.7. The van der Waals surface area contributed by atoms with Crippen LogP contribution in [0.3, 0.4) is 0 Å². The molecule has 1 amide bonds. The molecule has 2 aliphatic rings. The third-order valence-electron chi connectivity index (χ3n) is 5.47. The summed E-state index contributed by atoms with van der Waals surface area (Å²) in [5, 5.41) is 16.2. The largest absolute Gasteiger partial charge is 0.417 e. The van der Waals surface area contributed by atoms with Crippen molar-refractivity contribution in [3.8, 4) is 0 Å². The molecule has 1 unspecified atom stereocenters. The van der Waals surface area contributed by atoms with Crippen LogP contribution in [0, 0.1) is 16.7 Å². The number of alkyl halides is 3. The number of nitrogens with one attached hydrogen (secondary N) is 2. The molecule has 2 N–H and O–H groups in total. The van der Waals surface area contributed by atoms with Gasteiger partial charge in [-0.3, -0.25) is 20.6 Å². The van der Waals surface area contributed by atoms with E-state index in [1.54, 1.807) is 0 Å². The predicted octanol–water partition coefficient (Wildman–Crippen LogP) is 3.57. The second kappa shape index (κ2) is 7.92. The van der Waals surface area contributed by atoms with Crippen molar-refractivity contribution < 1.29 is 18.0 Å². The van der Waals surface area contributed by atoms with Gasteiger partial charge >= 0.3 is 6.18 Å². The number of carbonyl (C=O) groups is 1. The Balaban J connectivity index is 1.62. The summed E-state index contributed by atoms with van der Waals surface area (Å²) >= 11 is 6.03. The molecule has 0 radical (unpaired) electrons. The Bertz CT molecular complexity index is 1040. The molecular formula is C20H18ClF3N6O. The fraction of sp³-hybridized carbons (Fsp3) is 0.350. The fourth-order valence-corrected chi connectivity index (χ4v) is 4.01. The van der Waals surface area contributed by atoms with Crippen molar-refractivity contribution in [2.45, 2.75) is 31.6 Å². The summed E-state index contributed by atoms with van der Waals surface area (Å²) in [6, 6.07) is 3.25. The van der Waals surface area contributed by atoms with Gasteiger partial charge in [0.25, 0.3) is 5.91 Å².